The molecule has 6 heteroatoms. The Hall–Kier alpha value is -2.86. The van der Waals surface area contributed by atoms with Gasteiger partial charge in [-0.25, -0.2) is 0 Å². The number of amides is 1. The topological polar surface area (TPSA) is 66.3 Å². The Labute approximate surface area is 132 Å². The van der Waals surface area contributed by atoms with Crippen molar-refractivity contribution in [3.05, 3.63) is 66.4 Å². The zero-order valence-electron chi connectivity index (χ0n) is 11.5. The van der Waals surface area contributed by atoms with E-state index >= 15 is 0 Å². The van der Waals surface area contributed by atoms with Crippen LogP contribution in [-0.4, -0.2) is 11.0 Å². The average Bonchev–Trinajstić information content (AvgIpc) is 2.98. The lowest BCUT2D eigenvalue weighted by atomic mass is 10.2. The molecule has 3 N–H and O–H groups in total. The number of hydrogen-bond acceptors (Lipinski definition) is 4. The summed E-state index contributed by atoms with van der Waals surface area (Å²) in [7, 11) is 0. The molecule has 0 unspecified atom stereocenters. The minimum atomic E-state index is -0.399. The zero-order chi connectivity index (χ0) is 15.4. The van der Waals surface area contributed by atoms with Crippen molar-refractivity contribution in [3.8, 4) is 0 Å². The van der Waals surface area contributed by atoms with Gasteiger partial charge in [0.25, 0.3) is 5.91 Å². The van der Waals surface area contributed by atoms with Crippen molar-refractivity contribution in [3.63, 3.8) is 0 Å². The lowest BCUT2D eigenvalue weighted by molar-refractivity contribution is 0.0952. The Kier molecular flexibility index (Phi) is 4.02. The number of thiocarbonyl (C=S) groups is 1. The number of rotatable bonds is 3. The Morgan fingerprint density at radius 2 is 1.73 bits per heavy atom. The fourth-order valence-electron chi connectivity index (χ4n) is 1.94. The fourth-order valence-corrected chi connectivity index (χ4v) is 2.08. The van der Waals surface area contributed by atoms with Crippen molar-refractivity contribution in [1.29, 1.82) is 0 Å². The van der Waals surface area contributed by atoms with Crippen LogP contribution in [0.1, 0.15) is 10.6 Å². The molecule has 0 aliphatic heterocycles. The van der Waals surface area contributed by atoms with Gasteiger partial charge in [0.05, 0.1) is 5.69 Å². The van der Waals surface area contributed by atoms with E-state index in [-0.39, 0.29) is 10.9 Å². The highest BCUT2D eigenvalue weighted by Crippen LogP contribution is 2.18. The summed E-state index contributed by atoms with van der Waals surface area (Å²) >= 11 is 5.06. The van der Waals surface area contributed by atoms with Crippen molar-refractivity contribution in [2.75, 3.05) is 5.43 Å². The number of carbonyl (C=O) groups excluding carboxylic acids is 1. The van der Waals surface area contributed by atoms with E-state index in [2.05, 4.69) is 16.2 Å². The highest BCUT2D eigenvalue weighted by Gasteiger charge is 2.13. The number of carbonyl (C=O) groups is 1. The van der Waals surface area contributed by atoms with E-state index in [1.165, 1.54) is 0 Å². The van der Waals surface area contributed by atoms with Crippen LogP contribution in [0.5, 0.6) is 0 Å². The molecule has 0 atom stereocenters. The average molecular weight is 311 g/mol. The Balaban J connectivity index is 1.60. The number of para-hydroxylation sites is 2. The van der Waals surface area contributed by atoms with Crippen LogP contribution in [0.2, 0.25) is 0 Å². The van der Waals surface area contributed by atoms with Gasteiger partial charge in [0.2, 0.25) is 0 Å². The van der Waals surface area contributed by atoms with Gasteiger partial charge < -0.3 is 4.42 Å². The van der Waals surface area contributed by atoms with Crippen molar-refractivity contribution in [2.24, 2.45) is 0 Å². The van der Waals surface area contributed by atoms with E-state index < -0.39 is 5.91 Å². The Morgan fingerprint density at radius 3 is 2.50 bits per heavy atom. The van der Waals surface area contributed by atoms with Gasteiger partial charge in [0.1, 0.15) is 5.58 Å². The minimum absolute atomic E-state index is 0.161. The summed E-state index contributed by atoms with van der Waals surface area (Å²) in [6, 6.07) is 18.5. The summed E-state index contributed by atoms with van der Waals surface area (Å²) in [6.45, 7) is 0. The molecule has 22 heavy (non-hydrogen) atoms. The molecule has 0 fully saturated rings. The molecule has 3 rings (SSSR count). The minimum Gasteiger partial charge on any atom is -0.451 e. The smallest absolute Gasteiger partial charge is 0.293 e. The number of benzene rings is 2. The highest BCUT2D eigenvalue weighted by atomic mass is 32.1. The van der Waals surface area contributed by atoms with Crippen molar-refractivity contribution in [2.45, 2.75) is 0 Å². The molecule has 0 radical (unpaired) electrons. The van der Waals surface area contributed by atoms with Crippen molar-refractivity contribution >= 4 is 39.9 Å². The molecular weight excluding hydrogens is 298 g/mol. The van der Waals surface area contributed by atoms with Gasteiger partial charge in [-0.3, -0.25) is 21.0 Å². The van der Waals surface area contributed by atoms with Gasteiger partial charge in [-0.05, 0) is 36.5 Å². The molecule has 0 aliphatic rings. The Morgan fingerprint density at radius 1 is 1.00 bits per heavy atom. The second-order valence-electron chi connectivity index (χ2n) is 4.55. The summed E-state index contributed by atoms with van der Waals surface area (Å²) < 4.78 is 5.47. The molecule has 1 amide bonds. The molecule has 3 aromatic rings. The molecule has 5 nitrogen and oxygen atoms in total. The van der Waals surface area contributed by atoms with E-state index in [0.717, 1.165) is 11.1 Å². The summed E-state index contributed by atoms with van der Waals surface area (Å²) in [5, 5.41) is 3.58. The lowest BCUT2D eigenvalue weighted by Crippen LogP contribution is -2.41. The molecule has 2 aromatic carbocycles. The number of hydrogen-bond donors (Lipinski definition) is 3. The molecule has 110 valence electrons. The lowest BCUT2D eigenvalue weighted by Gasteiger charge is -2.10. The molecule has 0 spiro atoms. The van der Waals surface area contributed by atoms with Gasteiger partial charge in [-0.1, -0.05) is 36.4 Å². The largest absolute Gasteiger partial charge is 0.451 e. The summed E-state index contributed by atoms with van der Waals surface area (Å²) in [5.74, 6) is -0.186. The number of anilines is 1. The second-order valence-corrected chi connectivity index (χ2v) is 4.96. The van der Waals surface area contributed by atoms with Crippen LogP contribution >= 0.6 is 12.2 Å². The summed E-state index contributed by atoms with van der Waals surface area (Å²) in [4.78, 5) is 12.1. The van der Waals surface area contributed by atoms with Crippen LogP contribution in [0, 0.1) is 0 Å². The van der Waals surface area contributed by atoms with Crippen molar-refractivity contribution < 1.29 is 9.21 Å². The van der Waals surface area contributed by atoms with Crippen LogP contribution in [0.3, 0.4) is 0 Å². The number of nitrogens with one attached hydrogen (secondary N) is 3. The Bertz CT molecular complexity index is 781. The third-order valence-corrected chi connectivity index (χ3v) is 3.17. The number of furan rings is 1. The third-order valence-electron chi connectivity index (χ3n) is 2.97. The maximum atomic E-state index is 12.1. The first kappa shape index (κ1) is 14.1. The first-order chi connectivity index (χ1) is 10.7. The molecule has 0 saturated heterocycles. The van der Waals surface area contributed by atoms with Gasteiger partial charge >= 0.3 is 0 Å². The molecule has 1 heterocycles. The summed E-state index contributed by atoms with van der Waals surface area (Å²) in [6.07, 6.45) is 0. The van der Waals surface area contributed by atoms with Gasteiger partial charge in [0.15, 0.2) is 10.9 Å². The monoisotopic (exact) mass is 311 g/mol. The summed E-state index contributed by atoms with van der Waals surface area (Å²) in [5.41, 5.74) is 7.13. The van der Waals surface area contributed by atoms with Gasteiger partial charge in [-0.2, -0.15) is 0 Å². The SMILES string of the molecule is O=C(NC(=S)NNc1ccccc1)c1cc2ccccc2o1. The molecule has 1 aromatic heterocycles. The van der Waals surface area contributed by atoms with E-state index in [4.69, 9.17) is 16.6 Å². The molecule has 0 aliphatic carbocycles. The first-order valence-corrected chi connectivity index (χ1v) is 7.04. The standard InChI is InChI=1S/C16H13N3O2S/c20-15(14-10-11-6-4-5-9-13(11)21-14)17-16(22)19-18-12-7-2-1-3-8-12/h1-10,18H,(H2,17,19,20,22). The quantitative estimate of drug-likeness (QED) is 0.512. The fraction of sp³-hybridized carbons (Fsp3) is 0. The van der Waals surface area contributed by atoms with E-state index in [1.807, 2.05) is 48.5 Å². The highest BCUT2D eigenvalue weighted by molar-refractivity contribution is 7.80. The third kappa shape index (κ3) is 3.24. The number of fused-ring (bicyclic) bond motifs is 1. The zero-order valence-corrected chi connectivity index (χ0v) is 12.3. The number of hydrazine groups is 1. The van der Waals surface area contributed by atoms with E-state index in [1.54, 1.807) is 12.1 Å². The second kappa shape index (κ2) is 6.28. The van der Waals surface area contributed by atoms with Gasteiger partial charge in [-0.15, -0.1) is 0 Å². The molecule has 0 saturated carbocycles. The van der Waals surface area contributed by atoms with E-state index in [0.29, 0.717) is 5.58 Å². The predicted octanol–water partition coefficient (Wildman–Crippen LogP) is 3.06. The molecule has 0 bridgehead atoms. The van der Waals surface area contributed by atoms with Crippen molar-refractivity contribution in [1.82, 2.24) is 10.7 Å². The van der Waals surface area contributed by atoms with Crippen LogP contribution in [-0.2, 0) is 0 Å². The van der Waals surface area contributed by atoms with Gasteiger partial charge in [0, 0.05) is 5.39 Å². The van der Waals surface area contributed by atoms with Crippen LogP contribution < -0.4 is 16.2 Å². The first-order valence-electron chi connectivity index (χ1n) is 6.63. The maximum Gasteiger partial charge on any atom is 0.293 e. The predicted molar refractivity (Wildman–Crippen MR) is 89.5 cm³/mol. The van der Waals surface area contributed by atoms with Crippen LogP contribution in [0.25, 0.3) is 11.0 Å². The maximum absolute atomic E-state index is 12.1. The van der Waals surface area contributed by atoms with E-state index in [9.17, 15) is 4.79 Å². The normalized spacial score (nSPS) is 10.2. The molecular formula is C16H13N3O2S. The van der Waals surface area contributed by atoms with Crippen LogP contribution in [0.15, 0.2) is 65.1 Å². The van der Waals surface area contributed by atoms with Crippen LogP contribution in [0.4, 0.5) is 5.69 Å².